The van der Waals surface area contributed by atoms with Crippen molar-refractivity contribution in [1.82, 2.24) is 14.9 Å². The lowest BCUT2D eigenvalue weighted by atomic mass is 9.90. The number of carbonyl (C=O) groups is 1. The van der Waals surface area contributed by atoms with E-state index in [2.05, 4.69) is 16.4 Å². The standard InChI is InChI=1S/C19H24N4O3S/c1-13(2)19(3,12-20)22-16(24)11-27-18-21-15-8-6-5-7-14(15)17(25)23(18)9-10-26-4/h5-8,13H,9-11H2,1-4H3,(H,22,24)/t19-/m0/s1. The monoisotopic (exact) mass is 388 g/mol. The highest BCUT2D eigenvalue weighted by molar-refractivity contribution is 7.99. The average molecular weight is 388 g/mol. The van der Waals surface area contributed by atoms with Gasteiger partial charge in [-0.2, -0.15) is 5.26 Å². The normalized spacial score (nSPS) is 13.3. The van der Waals surface area contributed by atoms with Crippen molar-refractivity contribution in [2.45, 2.75) is 38.0 Å². The van der Waals surface area contributed by atoms with Gasteiger partial charge in [0.2, 0.25) is 5.91 Å². The topological polar surface area (TPSA) is 97.0 Å². The van der Waals surface area contributed by atoms with Crippen LogP contribution >= 0.6 is 11.8 Å². The van der Waals surface area contributed by atoms with Gasteiger partial charge in [-0.1, -0.05) is 37.7 Å². The van der Waals surface area contributed by atoms with Gasteiger partial charge < -0.3 is 10.1 Å². The second-order valence-electron chi connectivity index (χ2n) is 6.67. The van der Waals surface area contributed by atoms with Crippen LogP contribution in [0.25, 0.3) is 10.9 Å². The Balaban J connectivity index is 2.26. The summed E-state index contributed by atoms with van der Waals surface area (Å²) in [6.45, 7) is 6.16. The van der Waals surface area contributed by atoms with Crippen LogP contribution in [0.3, 0.4) is 0 Å². The summed E-state index contributed by atoms with van der Waals surface area (Å²) in [5, 5.41) is 13.1. The van der Waals surface area contributed by atoms with E-state index in [0.29, 0.717) is 29.2 Å². The Kier molecular flexibility index (Phi) is 6.99. The van der Waals surface area contributed by atoms with Gasteiger partial charge in [-0.3, -0.25) is 14.2 Å². The fraction of sp³-hybridized carbons (Fsp3) is 0.474. The van der Waals surface area contributed by atoms with Gasteiger partial charge in [-0.25, -0.2) is 4.98 Å². The predicted octanol–water partition coefficient (Wildman–Crippen LogP) is 2.19. The molecule has 7 nitrogen and oxygen atoms in total. The first-order chi connectivity index (χ1) is 12.8. The lowest BCUT2D eigenvalue weighted by molar-refractivity contribution is -0.120. The number of para-hydroxylation sites is 1. The van der Waals surface area contributed by atoms with Gasteiger partial charge in [0.1, 0.15) is 5.54 Å². The SMILES string of the molecule is COCCn1c(SCC(=O)N[C@@](C)(C#N)C(C)C)nc2ccccc2c1=O. The third kappa shape index (κ3) is 4.87. The molecule has 0 saturated heterocycles. The number of nitrogens with one attached hydrogen (secondary N) is 1. The van der Waals surface area contributed by atoms with Crippen molar-refractivity contribution in [3.63, 3.8) is 0 Å². The van der Waals surface area contributed by atoms with Gasteiger partial charge in [-0.05, 0) is 25.0 Å². The van der Waals surface area contributed by atoms with Crippen LogP contribution in [0.5, 0.6) is 0 Å². The number of rotatable bonds is 8. The molecule has 1 atom stereocenters. The third-order valence-corrected chi connectivity index (χ3v) is 5.44. The summed E-state index contributed by atoms with van der Waals surface area (Å²) >= 11 is 1.17. The van der Waals surface area contributed by atoms with E-state index in [1.54, 1.807) is 32.2 Å². The number of ether oxygens (including phenoxy) is 1. The van der Waals surface area contributed by atoms with Crippen molar-refractivity contribution in [2.75, 3.05) is 19.5 Å². The Hall–Kier alpha value is -2.37. The molecular weight excluding hydrogens is 364 g/mol. The number of nitriles is 1. The number of nitrogens with zero attached hydrogens (tertiary/aromatic N) is 3. The van der Waals surface area contributed by atoms with Gasteiger partial charge in [0.25, 0.3) is 5.56 Å². The highest BCUT2D eigenvalue weighted by atomic mass is 32.2. The summed E-state index contributed by atoms with van der Waals surface area (Å²) in [4.78, 5) is 29.7. The summed E-state index contributed by atoms with van der Waals surface area (Å²) < 4.78 is 6.61. The molecular formula is C19H24N4O3S. The summed E-state index contributed by atoms with van der Waals surface area (Å²) in [7, 11) is 1.56. The summed E-state index contributed by atoms with van der Waals surface area (Å²) in [6, 6.07) is 9.26. The molecule has 0 fully saturated rings. The molecule has 1 N–H and O–H groups in total. The molecule has 1 amide bonds. The number of thioether (sulfide) groups is 1. The third-order valence-electron chi connectivity index (χ3n) is 4.46. The lowest BCUT2D eigenvalue weighted by Crippen LogP contribution is -2.49. The molecule has 0 bridgehead atoms. The second-order valence-corrected chi connectivity index (χ2v) is 7.61. The molecule has 144 valence electrons. The van der Waals surface area contributed by atoms with Gasteiger partial charge in [0.15, 0.2) is 5.16 Å². The van der Waals surface area contributed by atoms with Crippen LogP contribution in [0.4, 0.5) is 0 Å². The molecule has 2 rings (SSSR count). The quantitative estimate of drug-likeness (QED) is 0.550. The molecule has 0 aliphatic carbocycles. The van der Waals surface area contributed by atoms with Crippen molar-refractivity contribution in [3.8, 4) is 6.07 Å². The van der Waals surface area contributed by atoms with Crippen LogP contribution in [0, 0.1) is 17.2 Å². The highest BCUT2D eigenvalue weighted by Crippen LogP contribution is 2.19. The molecule has 1 heterocycles. The minimum Gasteiger partial charge on any atom is -0.383 e. The first-order valence-corrected chi connectivity index (χ1v) is 9.64. The van der Waals surface area contributed by atoms with E-state index in [0.717, 1.165) is 0 Å². The fourth-order valence-corrected chi connectivity index (χ4v) is 3.22. The Morgan fingerprint density at radius 1 is 1.44 bits per heavy atom. The Labute approximate surface area is 162 Å². The Morgan fingerprint density at radius 2 is 2.15 bits per heavy atom. The lowest BCUT2D eigenvalue weighted by Gasteiger charge is -2.27. The number of aromatic nitrogens is 2. The number of fused-ring (bicyclic) bond motifs is 1. The Bertz CT molecular complexity index is 919. The maximum absolute atomic E-state index is 12.8. The van der Waals surface area contributed by atoms with E-state index in [1.807, 2.05) is 19.9 Å². The zero-order chi connectivity index (χ0) is 20.0. The van der Waals surface area contributed by atoms with Crippen LogP contribution in [-0.4, -0.2) is 40.5 Å². The van der Waals surface area contributed by atoms with Crippen LogP contribution in [0.1, 0.15) is 20.8 Å². The number of hydrogen-bond donors (Lipinski definition) is 1. The van der Waals surface area contributed by atoms with Crippen LogP contribution in [0.2, 0.25) is 0 Å². The molecule has 0 saturated carbocycles. The highest BCUT2D eigenvalue weighted by Gasteiger charge is 2.30. The van der Waals surface area contributed by atoms with Crippen molar-refractivity contribution < 1.29 is 9.53 Å². The van der Waals surface area contributed by atoms with Crippen LogP contribution in [-0.2, 0) is 16.1 Å². The molecule has 0 aliphatic heterocycles. The molecule has 0 spiro atoms. The average Bonchev–Trinajstić information content (AvgIpc) is 2.65. The van der Waals surface area contributed by atoms with Gasteiger partial charge in [-0.15, -0.1) is 0 Å². The van der Waals surface area contributed by atoms with Crippen molar-refractivity contribution >= 4 is 28.6 Å². The largest absolute Gasteiger partial charge is 0.383 e. The predicted molar refractivity (Wildman–Crippen MR) is 106 cm³/mol. The summed E-state index contributed by atoms with van der Waals surface area (Å²) in [5.41, 5.74) is -0.516. The molecule has 1 aromatic heterocycles. The maximum atomic E-state index is 12.8. The number of carbonyl (C=O) groups excluding carboxylic acids is 1. The minimum absolute atomic E-state index is 0.0323. The molecule has 27 heavy (non-hydrogen) atoms. The molecule has 0 aliphatic rings. The van der Waals surface area contributed by atoms with Gasteiger partial charge >= 0.3 is 0 Å². The van der Waals surface area contributed by atoms with E-state index in [-0.39, 0.29) is 23.1 Å². The molecule has 0 radical (unpaired) electrons. The number of methoxy groups -OCH3 is 1. The van der Waals surface area contributed by atoms with Gasteiger partial charge in [0, 0.05) is 7.11 Å². The molecule has 2 aromatic rings. The number of amides is 1. The maximum Gasteiger partial charge on any atom is 0.262 e. The first kappa shape index (κ1) is 20.9. The number of benzene rings is 1. The van der Waals surface area contributed by atoms with E-state index >= 15 is 0 Å². The van der Waals surface area contributed by atoms with Gasteiger partial charge in [0.05, 0.1) is 35.9 Å². The first-order valence-electron chi connectivity index (χ1n) is 8.66. The van der Waals surface area contributed by atoms with E-state index < -0.39 is 5.54 Å². The summed E-state index contributed by atoms with van der Waals surface area (Å²) in [6.07, 6.45) is 0. The van der Waals surface area contributed by atoms with Crippen LogP contribution < -0.4 is 10.9 Å². The number of hydrogen-bond acceptors (Lipinski definition) is 6. The van der Waals surface area contributed by atoms with Crippen molar-refractivity contribution in [3.05, 3.63) is 34.6 Å². The van der Waals surface area contributed by atoms with Crippen LogP contribution in [0.15, 0.2) is 34.2 Å². The Morgan fingerprint density at radius 3 is 2.78 bits per heavy atom. The summed E-state index contributed by atoms with van der Waals surface area (Å²) in [5.74, 6) is -0.254. The minimum atomic E-state index is -0.940. The molecule has 0 unspecified atom stereocenters. The molecule has 8 heteroatoms. The van der Waals surface area contributed by atoms with Crippen molar-refractivity contribution in [2.24, 2.45) is 5.92 Å². The second kappa shape index (κ2) is 9.02. The molecule has 1 aromatic carbocycles. The smallest absolute Gasteiger partial charge is 0.262 e. The van der Waals surface area contributed by atoms with Crippen molar-refractivity contribution in [1.29, 1.82) is 5.26 Å². The van der Waals surface area contributed by atoms with E-state index in [4.69, 9.17) is 4.74 Å². The zero-order valence-electron chi connectivity index (χ0n) is 16.0. The fourth-order valence-electron chi connectivity index (χ4n) is 2.39. The van der Waals surface area contributed by atoms with E-state index in [9.17, 15) is 14.9 Å². The zero-order valence-corrected chi connectivity index (χ0v) is 16.8. The van der Waals surface area contributed by atoms with E-state index in [1.165, 1.54) is 16.3 Å².